The zero-order chi connectivity index (χ0) is 18.7. The summed E-state index contributed by atoms with van der Waals surface area (Å²) in [5, 5.41) is 7.36. The first kappa shape index (κ1) is 19.3. The van der Waals surface area contributed by atoms with Crippen LogP contribution in [0.4, 0.5) is 5.69 Å². The van der Waals surface area contributed by atoms with Gasteiger partial charge in [-0.3, -0.25) is 4.99 Å². The standard InChI is InChI=1S/C18H27ClN4O2S/c1-13-3-4-15(19)9-17(13)23-7-5-14(11-23)10-21-18(20-2)22-16-6-8-26(24,25)12-16/h3-4,9,14,16H,5-8,10-12H2,1-2H3,(H2,20,21,22). The van der Waals surface area contributed by atoms with Crippen molar-refractivity contribution in [1.29, 1.82) is 0 Å². The molecular weight excluding hydrogens is 372 g/mol. The van der Waals surface area contributed by atoms with E-state index in [9.17, 15) is 8.42 Å². The second-order valence-corrected chi connectivity index (χ2v) is 9.89. The first-order valence-electron chi connectivity index (χ1n) is 9.05. The maximum absolute atomic E-state index is 11.6. The largest absolute Gasteiger partial charge is 0.371 e. The number of hydrogen-bond acceptors (Lipinski definition) is 4. The van der Waals surface area contributed by atoms with Crippen molar-refractivity contribution in [2.24, 2.45) is 10.9 Å². The van der Waals surface area contributed by atoms with Crippen LogP contribution in [0.3, 0.4) is 0 Å². The van der Waals surface area contributed by atoms with Crippen LogP contribution in [0.2, 0.25) is 5.02 Å². The van der Waals surface area contributed by atoms with E-state index in [2.05, 4.69) is 33.5 Å². The molecule has 0 saturated carbocycles. The molecule has 0 spiro atoms. The van der Waals surface area contributed by atoms with Crippen LogP contribution in [-0.4, -0.2) is 58.6 Å². The molecule has 6 nitrogen and oxygen atoms in total. The Kier molecular flexibility index (Phi) is 5.97. The van der Waals surface area contributed by atoms with Gasteiger partial charge in [0.15, 0.2) is 15.8 Å². The zero-order valence-corrected chi connectivity index (χ0v) is 16.9. The number of rotatable bonds is 4. The van der Waals surface area contributed by atoms with Crippen molar-refractivity contribution in [2.45, 2.75) is 25.8 Å². The molecule has 0 radical (unpaired) electrons. The minimum atomic E-state index is -2.89. The number of benzene rings is 1. The van der Waals surface area contributed by atoms with Gasteiger partial charge in [-0.15, -0.1) is 0 Å². The average Bonchev–Trinajstić information content (AvgIpc) is 3.20. The Morgan fingerprint density at radius 1 is 1.38 bits per heavy atom. The van der Waals surface area contributed by atoms with Crippen molar-refractivity contribution in [3.8, 4) is 0 Å². The number of aryl methyl sites for hydroxylation is 1. The number of guanidine groups is 1. The first-order chi connectivity index (χ1) is 12.4. The van der Waals surface area contributed by atoms with E-state index in [1.54, 1.807) is 7.05 Å². The molecule has 2 saturated heterocycles. The number of halogens is 1. The predicted octanol–water partition coefficient (Wildman–Crippen LogP) is 1.83. The summed E-state index contributed by atoms with van der Waals surface area (Å²) >= 11 is 6.15. The van der Waals surface area contributed by atoms with E-state index in [1.165, 1.54) is 11.3 Å². The quantitative estimate of drug-likeness (QED) is 0.598. The van der Waals surface area contributed by atoms with Crippen molar-refractivity contribution in [1.82, 2.24) is 10.6 Å². The summed E-state index contributed by atoms with van der Waals surface area (Å²) < 4.78 is 23.2. The molecule has 0 bridgehead atoms. The van der Waals surface area contributed by atoms with Crippen molar-refractivity contribution < 1.29 is 8.42 Å². The molecular formula is C18H27ClN4O2S. The maximum atomic E-state index is 11.6. The second kappa shape index (κ2) is 8.05. The summed E-state index contributed by atoms with van der Waals surface area (Å²) in [6, 6.07) is 5.98. The van der Waals surface area contributed by atoms with Crippen LogP contribution in [0.15, 0.2) is 23.2 Å². The Hall–Kier alpha value is -1.47. The third-order valence-electron chi connectivity index (χ3n) is 5.15. The fourth-order valence-electron chi connectivity index (χ4n) is 3.68. The van der Waals surface area contributed by atoms with Crippen LogP contribution in [0.1, 0.15) is 18.4 Å². The van der Waals surface area contributed by atoms with Gasteiger partial charge in [0.05, 0.1) is 11.5 Å². The first-order valence-corrected chi connectivity index (χ1v) is 11.2. The van der Waals surface area contributed by atoms with E-state index >= 15 is 0 Å². The normalized spacial score (nSPS) is 25.5. The molecule has 2 fully saturated rings. The SMILES string of the molecule is CN=C(NCC1CCN(c2cc(Cl)ccc2C)C1)NC1CCS(=O)(=O)C1. The average molecular weight is 399 g/mol. The maximum Gasteiger partial charge on any atom is 0.191 e. The third kappa shape index (κ3) is 4.82. The number of sulfone groups is 1. The van der Waals surface area contributed by atoms with Crippen LogP contribution >= 0.6 is 11.6 Å². The summed E-state index contributed by atoms with van der Waals surface area (Å²) in [4.78, 5) is 6.61. The predicted molar refractivity (Wildman–Crippen MR) is 108 cm³/mol. The Morgan fingerprint density at radius 2 is 2.19 bits per heavy atom. The lowest BCUT2D eigenvalue weighted by atomic mass is 10.1. The lowest BCUT2D eigenvalue weighted by molar-refractivity contribution is 0.558. The van der Waals surface area contributed by atoms with Crippen LogP contribution in [0.25, 0.3) is 0 Å². The number of hydrogen-bond donors (Lipinski definition) is 2. The lowest BCUT2D eigenvalue weighted by Gasteiger charge is -2.22. The second-order valence-electron chi connectivity index (χ2n) is 7.23. The van der Waals surface area contributed by atoms with Gasteiger partial charge in [-0.1, -0.05) is 17.7 Å². The molecule has 0 amide bonds. The molecule has 3 rings (SSSR count). The minimum absolute atomic E-state index is 0.0413. The number of nitrogens with zero attached hydrogens (tertiary/aromatic N) is 2. The summed E-state index contributed by atoms with van der Waals surface area (Å²) in [5.41, 5.74) is 2.45. The van der Waals surface area contributed by atoms with Gasteiger partial charge in [0, 0.05) is 43.4 Å². The number of anilines is 1. The van der Waals surface area contributed by atoms with Gasteiger partial charge >= 0.3 is 0 Å². The molecule has 2 N–H and O–H groups in total. The van der Waals surface area contributed by atoms with Crippen molar-refractivity contribution in [2.75, 3.05) is 43.1 Å². The third-order valence-corrected chi connectivity index (χ3v) is 7.16. The van der Waals surface area contributed by atoms with Crippen LogP contribution in [0.5, 0.6) is 0 Å². The molecule has 2 atom stereocenters. The van der Waals surface area contributed by atoms with E-state index in [-0.39, 0.29) is 17.5 Å². The topological polar surface area (TPSA) is 73.8 Å². The zero-order valence-electron chi connectivity index (χ0n) is 15.3. The van der Waals surface area contributed by atoms with Gasteiger partial charge in [0.25, 0.3) is 0 Å². The highest BCUT2D eigenvalue weighted by Crippen LogP contribution is 2.29. The van der Waals surface area contributed by atoms with Gasteiger partial charge in [0.2, 0.25) is 0 Å². The summed E-state index contributed by atoms with van der Waals surface area (Å²) in [6.45, 7) is 4.91. The Balaban J connectivity index is 1.50. The van der Waals surface area contributed by atoms with Crippen molar-refractivity contribution in [3.05, 3.63) is 28.8 Å². The fourth-order valence-corrected chi connectivity index (χ4v) is 5.52. The van der Waals surface area contributed by atoms with E-state index < -0.39 is 9.84 Å². The highest BCUT2D eigenvalue weighted by atomic mass is 35.5. The molecule has 1 aromatic rings. The number of nitrogens with one attached hydrogen (secondary N) is 2. The van der Waals surface area contributed by atoms with E-state index in [0.717, 1.165) is 31.1 Å². The van der Waals surface area contributed by atoms with Gasteiger partial charge in [-0.2, -0.15) is 0 Å². The number of aliphatic imine (C=N–C) groups is 1. The molecule has 1 aromatic carbocycles. The van der Waals surface area contributed by atoms with Crippen LogP contribution in [-0.2, 0) is 9.84 Å². The van der Waals surface area contributed by atoms with Crippen LogP contribution in [0, 0.1) is 12.8 Å². The highest BCUT2D eigenvalue weighted by molar-refractivity contribution is 7.91. The van der Waals surface area contributed by atoms with E-state index in [4.69, 9.17) is 11.6 Å². The van der Waals surface area contributed by atoms with Gasteiger partial charge in [0.1, 0.15) is 0 Å². The Morgan fingerprint density at radius 3 is 2.88 bits per heavy atom. The molecule has 2 aliphatic heterocycles. The molecule has 2 unspecified atom stereocenters. The van der Waals surface area contributed by atoms with Gasteiger partial charge in [-0.05, 0) is 43.4 Å². The fraction of sp³-hybridized carbons (Fsp3) is 0.611. The Labute approximate surface area is 160 Å². The molecule has 2 heterocycles. The van der Waals surface area contributed by atoms with Crippen molar-refractivity contribution in [3.63, 3.8) is 0 Å². The van der Waals surface area contributed by atoms with Gasteiger partial charge in [-0.25, -0.2) is 8.42 Å². The van der Waals surface area contributed by atoms with Gasteiger partial charge < -0.3 is 15.5 Å². The molecule has 0 aromatic heterocycles. The van der Waals surface area contributed by atoms with Crippen LogP contribution < -0.4 is 15.5 Å². The smallest absolute Gasteiger partial charge is 0.191 e. The molecule has 144 valence electrons. The summed E-state index contributed by atoms with van der Waals surface area (Å²) in [5.74, 6) is 1.65. The molecule has 2 aliphatic rings. The highest BCUT2D eigenvalue weighted by Gasteiger charge is 2.29. The van der Waals surface area contributed by atoms with Crippen molar-refractivity contribution >= 4 is 33.1 Å². The minimum Gasteiger partial charge on any atom is -0.371 e. The molecule has 26 heavy (non-hydrogen) atoms. The Bertz CT molecular complexity index is 781. The molecule has 0 aliphatic carbocycles. The molecule has 8 heteroatoms. The van der Waals surface area contributed by atoms with E-state index in [0.29, 0.717) is 18.3 Å². The van der Waals surface area contributed by atoms with E-state index in [1.807, 2.05) is 12.1 Å². The monoisotopic (exact) mass is 398 g/mol. The lowest BCUT2D eigenvalue weighted by Crippen LogP contribution is -2.45. The summed E-state index contributed by atoms with van der Waals surface area (Å²) in [7, 11) is -1.17. The summed E-state index contributed by atoms with van der Waals surface area (Å²) in [6.07, 6.45) is 1.75.